The summed E-state index contributed by atoms with van der Waals surface area (Å²) in [6.45, 7) is 7.21. The van der Waals surface area contributed by atoms with Crippen LogP contribution in [0.5, 0.6) is 0 Å². The maximum atomic E-state index is 11.9. The molecule has 4 nitrogen and oxygen atoms in total. The van der Waals surface area contributed by atoms with E-state index in [1.165, 1.54) is 0 Å². The largest absolute Gasteiger partial charge is 0.383 e. The Labute approximate surface area is 92.8 Å². The Balaban J connectivity index is 4.39. The highest BCUT2D eigenvalue weighted by Crippen LogP contribution is 2.06. The molecular weight excluding hydrogens is 192 g/mol. The summed E-state index contributed by atoms with van der Waals surface area (Å²) in [7, 11) is 1.64. The van der Waals surface area contributed by atoms with Gasteiger partial charge < -0.3 is 15.4 Å². The van der Waals surface area contributed by atoms with Crippen LogP contribution in [0.25, 0.3) is 0 Å². The average molecular weight is 216 g/mol. The third kappa shape index (κ3) is 4.62. The maximum absolute atomic E-state index is 11.9. The van der Waals surface area contributed by atoms with Gasteiger partial charge >= 0.3 is 0 Å². The van der Waals surface area contributed by atoms with Gasteiger partial charge in [-0.25, -0.2) is 0 Å². The second-order valence-electron chi connectivity index (χ2n) is 3.80. The van der Waals surface area contributed by atoms with Crippen LogP contribution in [0.3, 0.4) is 0 Å². The Hall–Kier alpha value is -0.610. The Kier molecular flexibility index (Phi) is 7.34. The lowest BCUT2D eigenvalue weighted by Crippen LogP contribution is -2.48. The number of ether oxygens (including phenoxy) is 1. The fourth-order valence-corrected chi connectivity index (χ4v) is 1.35. The summed E-state index contributed by atoms with van der Waals surface area (Å²) in [5.41, 5.74) is 5.75. The summed E-state index contributed by atoms with van der Waals surface area (Å²) >= 11 is 0. The summed E-state index contributed by atoms with van der Waals surface area (Å²) in [4.78, 5) is 13.7. The molecular formula is C11H24N2O2. The zero-order chi connectivity index (χ0) is 11.8. The number of hydrogen-bond acceptors (Lipinski definition) is 3. The molecule has 2 atom stereocenters. The third-order valence-electron chi connectivity index (χ3n) is 2.70. The van der Waals surface area contributed by atoms with E-state index in [1.54, 1.807) is 7.11 Å². The molecule has 0 saturated heterocycles. The van der Waals surface area contributed by atoms with Gasteiger partial charge in [0.05, 0.1) is 12.6 Å². The highest BCUT2D eigenvalue weighted by molar-refractivity contribution is 5.81. The molecule has 0 spiro atoms. The van der Waals surface area contributed by atoms with Crippen molar-refractivity contribution in [1.29, 1.82) is 0 Å². The number of methoxy groups -OCH3 is 1. The molecule has 0 saturated carbocycles. The first kappa shape index (κ1) is 14.4. The molecule has 0 fully saturated rings. The minimum atomic E-state index is -0.379. The second-order valence-corrected chi connectivity index (χ2v) is 3.80. The summed E-state index contributed by atoms with van der Waals surface area (Å²) in [6.07, 6.45) is 1.62. The van der Waals surface area contributed by atoms with E-state index >= 15 is 0 Å². The SMILES string of the molecule is CCC(C)N(CCOC)C(=O)[C@@H](N)CC. The highest BCUT2D eigenvalue weighted by Gasteiger charge is 2.22. The molecule has 4 heteroatoms. The van der Waals surface area contributed by atoms with E-state index in [9.17, 15) is 4.79 Å². The smallest absolute Gasteiger partial charge is 0.239 e. The van der Waals surface area contributed by atoms with Crippen molar-refractivity contribution in [3.8, 4) is 0 Å². The van der Waals surface area contributed by atoms with Crippen LogP contribution in [0, 0.1) is 0 Å². The van der Waals surface area contributed by atoms with Crippen LogP contribution in [0.2, 0.25) is 0 Å². The normalized spacial score (nSPS) is 14.7. The van der Waals surface area contributed by atoms with Crippen molar-refractivity contribution < 1.29 is 9.53 Å². The predicted molar refractivity (Wildman–Crippen MR) is 61.6 cm³/mol. The number of rotatable bonds is 7. The van der Waals surface area contributed by atoms with E-state index in [-0.39, 0.29) is 18.0 Å². The molecule has 2 N–H and O–H groups in total. The zero-order valence-corrected chi connectivity index (χ0v) is 10.3. The van der Waals surface area contributed by atoms with Crippen LogP contribution in [0.1, 0.15) is 33.6 Å². The number of carbonyl (C=O) groups is 1. The Morgan fingerprint density at radius 2 is 2.00 bits per heavy atom. The molecule has 90 valence electrons. The van der Waals surface area contributed by atoms with Crippen molar-refractivity contribution in [1.82, 2.24) is 4.90 Å². The van der Waals surface area contributed by atoms with Crippen molar-refractivity contribution in [2.45, 2.75) is 45.7 Å². The van der Waals surface area contributed by atoms with E-state index in [1.807, 2.05) is 18.7 Å². The van der Waals surface area contributed by atoms with Crippen LogP contribution in [-0.4, -0.2) is 43.2 Å². The van der Waals surface area contributed by atoms with Gasteiger partial charge in [-0.3, -0.25) is 4.79 Å². The molecule has 0 rings (SSSR count). The van der Waals surface area contributed by atoms with E-state index in [0.29, 0.717) is 19.6 Å². The van der Waals surface area contributed by atoms with E-state index in [2.05, 4.69) is 6.92 Å². The van der Waals surface area contributed by atoms with Gasteiger partial charge in [0.2, 0.25) is 5.91 Å². The van der Waals surface area contributed by atoms with Gasteiger partial charge in [0.25, 0.3) is 0 Å². The molecule has 0 aliphatic rings. The standard InChI is InChI=1S/C11H24N2O2/c1-5-9(3)13(7-8-15-4)11(14)10(12)6-2/h9-10H,5-8,12H2,1-4H3/t9?,10-/m0/s1. The van der Waals surface area contributed by atoms with Gasteiger partial charge in [-0.15, -0.1) is 0 Å². The highest BCUT2D eigenvalue weighted by atomic mass is 16.5. The summed E-state index contributed by atoms with van der Waals surface area (Å²) in [6, 6.07) is -0.152. The predicted octanol–water partition coefficient (Wildman–Crippen LogP) is 0.997. The Morgan fingerprint density at radius 3 is 2.40 bits per heavy atom. The van der Waals surface area contributed by atoms with Crippen LogP contribution >= 0.6 is 0 Å². The lowest BCUT2D eigenvalue weighted by molar-refractivity contribution is -0.135. The van der Waals surface area contributed by atoms with Gasteiger partial charge in [-0.2, -0.15) is 0 Å². The minimum absolute atomic E-state index is 0.0314. The number of nitrogens with zero attached hydrogens (tertiary/aromatic N) is 1. The van der Waals surface area contributed by atoms with Gasteiger partial charge in [0.1, 0.15) is 0 Å². The number of amides is 1. The van der Waals surface area contributed by atoms with E-state index in [0.717, 1.165) is 6.42 Å². The quantitative estimate of drug-likeness (QED) is 0.690. The molecule has 0 radical (unpaired) electrons. The zero-order valence-electron chi connectivity index (χ0n) is 10.3. The molecule has 1 amide bonds. The van der Waals surface area contributed by atoms with E-state index < -0.39 is 0 Å². The fourth-order valence-electron chi connectivity index (χ4n) is 1.35. The second kappa shape index (κ2) is 7.65. The number of carbonyl (C=O) groups excluding carboxylic acids is 1. The Bertz CT molecular complexity index is 185. The van der Waals surface area contributed by atoms with Crippen LogP contribution in [-0.2, 0) is 9.53 Å². The summed E-state index contributed by atoms with van der Waals surface area (Å²) in [5, 5.41) is 0. The molecule has 0 bridgehead atoms. The first-order valence-electron chi connectivity index (χ1n) is 5.63. The molecule has 1 unspecified atom stereocenters. The van der Waals surface area contributed by atoms with Crippen LogP contribution in [0.4, 0.5) is 0 Å². The number of nitrogens with two attached hydrogens (primary N) is 1. The van der Waals surface area contributed by atoms with Crippen LogP contribution in [0.15, 0.2) is 0 Å². The Morgan fingerprint density at radius 1 is 1.40 bits per heavy atom. The molecule has 0 aromatic heterocycles. The molecule has 0 heterocycles. The topological polar surface area (TPSA) is 55.6 Å². The van der Waals surface area contributed by atoms with E-state index in [4.69, 9.17) is 10.5 Å². The van der Waals surface area contributed by atoms with Gasteiger partial charge in [-0.05, 0) is 19.8 Å². The molecule has 0 aliphatic heterocycles. The van der Waals surface area contributed by atoms with Crippen molar-refractivity contribution in [3.63, 3.8) is 0 Å². The van der Waals surface area contributed by atoms with Gasteiger partial charge in [0.15, 0.2) is 0 Å². The summed E-state index contributed by atoms with van der Waals surface area (Å²) < 4.78 is 5.00. The number of hydrogen-bond donors (Lipinski definition) is 1. The average Bonchev–Trinajstić information content (AvgIpc) is 2.27. The van der Waals surface area contributed by atoms with Gasteiger partial charge in [-0.1, -0.05) is 13.8 Å². The lowest BCUT2D eigenvalue weighted by atomic mass is 10.1. The molecule has 0 aromatic carbocycles. The first-order chi connectivity index (χ1) is 7.08. The molecule has 0 aromatic rings. The minimum Gasteiger partial charge on any atom is -0.383 e. The van der Waals surface area contributed by atoms with Crippen molar-refractivity contribution in [2.24, 2.45) is 5.73 Å². The maximum Gasteiger partial charge on any atom is 0.239 e. The van der Waals surface area contributed by atoms with Crippen molar-refractivity contribution >= 4 is 5.91 Å². The monoisotopic (exact) mass is 216 g/mol. The van der Waals surface area contributed by atoms with Crippen molar-refractivity contribution in [2.75, 3.05) is 20.3 Å². The van der Waals surface area contributed by atoms with Gasteiger partial charge in [0, 0.05) is 19.7 Å². The molecule has 15 heavy (non-hydrogen) atoms. The first-order valence-corrected chi connectivity index (χ1v) is 5.63. The van der Waals surface area contributed by atoms with Crippen LogP contribution < -0.4 is 5.73 Å². The summed E-state index contributed by atoms with van der Waals surface area (Å²) in [5.74, 6) is 0.0314. The third-order valence-corrected chi connectivity index (χ3v) is 2.70. The lowest BCUT2D eigenvalue weighted by Gasteiger charge is -2.30. The molecule has 0 aliphatic carbocycles. The fraction of sp³-hybridized carbons (Fsp3) is 0.909. The van der Waals surface area contributed by atoms with Crippen molar-refractivity contribution in [3.05, 3.63) is 0 Å².